The molecule has 1 aliphatic rings. The standard InChI is InChI=1S/C22H22ClN3O3S/c1-13(2)29-19-6-5-15(10-18(19)23)22-25-24-21(30-22)14-3-4-16-11-26(8-7-20(27)28)12-17(16)9-14/h3-6,9-10,13H,7-8,11-12H2,1-2H3,(H,27,28). The molecular formula is C22H22ClN3O3S. The normalized spacial score (nSPS) is 13.6. The summed E-state index contributed by atoms with van der Waals surface area (Å²) in [5, 5.41) is 19.8. The van der Waals surface area contributed by atoms with Gasteiger partial charge in [0.2, 0.25) is 0 Å². The Morgan fingerprint density at radius 3 is 2.47 bits per heavy atom. The summed E-state index contributed by atoms with van der Waals surface area (Å²) < 4.78 is 5.69. The van der Waals surface area contributed by atoms with Gasteiger partial charge in [-0.15, -0.1) is 10.2 Å². The van der Waals surface area contributed by atoms with Crippen LogP contribution in [0.15, 0.2) is 36.4 Å². The number of carboxylic acids is 1. The summed E-state index contributed by atoms with van der Waals surface area (Å²) in [7, 11) is 0. The van der Waals surface area contributed by atoms with Gasteiger partial charge in [0.15, 0.2) is 0 Å². The Morgan fingerprint density at radius 1 is 1.13 bits per heavy atom. The van der Waals surface area contributed by atoms with Crippen molar-refractivity contribution in [2.24, 2.45) is 0 Å². The first-order valence-electron chi connectivity index (χ1n) is 9.75. The predicted octanol–water partition coefficient (Wildman–Crippen LogP) is 5.10. The third kappa shape index (κ3) is 4.64. The molecule has 30 heavy (non-hydrogen) atoms. The number of nitrogens with zero attached hydrogens (tertiary/aromatic N) is 3. The third-order valence-electron chi connectivity index (χ3n) is 4.85. The Bertz CT molecular complexity index is 1080. The maximum Gasteiger partial charge on any atom is 0.304 e. The second-order valence-electron chi connectivity index (χ2n) is 7.56. The van der Waals surface area contributed by atoms with E-state index in [0.717, 1.165) is 34.2 Å². The second kappa shape index (κ2) is 8.71. The van der Waals surface area contributed by atoms with E-state index < -0.39 is 5.97 Å². The molecule has 6 nitrogen and oxygen atoms in total. The number of ether oxygens (including phenoxy) is 1. The van der Waals surface area contributed by atoms with Crippen LogP contribution < -0.4 is 4.74 Å². The van der Waals surface area contributed by atoms with Gasteiger partial charge in [-0.25, -0.2) is 0 Å². The van der Waals surface area contributed by atoms with E-state index in [-0.39, 0.29) is 12.5 Å². The number of aliphatic carboxylic acids is 1. The minimum atomic E-state index is -0.767. The number of aromatic nitrogens is 2. The number of halogens is 1. The topological polar surface area (TPSA) is 75.6 Å². The largest absolute Gasteiger partial charge is 0.489 e. The molecule has 0 amide bonds. The first kappa shape index (κ1) is 20.8. The van der Waals surface area contributed by atoms with Gasteiger partial charge in [0.25, 0.3) is 0 Å². The lowest BCUT2D eigenvalue weighted by atomic mass is 10.1. The van der Waals surface area contributed by atoms with Crippen molar-refractivity contribution in [1.29, 1.82) is 0 Å². The van der Waals surface area contributed by atoms with Crippen LogP contribution in [-0.4, -0.2) is 38.8 Å². The monoisotopic (exact) mass is 443 g/mol. The molecule has 0 radical (unpaired) electrons. The van der Waals surface area contributed by atoms with Gasteiger partial charge in [0.1, 0.15) is 15.8 Å². The van der Waals surface area contributed by atoms with Crippen molar-refractivity contribution in [3.05, 3.63) is 52.5 Å². The predicted molar refractivity (Wildman–Crippen MR) is 118 cm³/mol. The average molecular weight is 444 g/mol. The fourth-order valence-electron chi connectivity index (χ4n) is 3.45. The number of fused-ring (bicyclic) bond motifs is 1. The van der Waals surface area contributed by atoms with E-state index >= 15 is 0 Å². The van der Waals surface area contributed by atoms with Crippen molar-refractivity contribution < 1.29 is 14.6 Å². The molecule has 1 aliphatic heterocycles. The van der Waals surface area contributed by atoms with Gasteiger partial charge in [-0.2, -0.15) is 0 Å². The van der Waals surface area contributed by atoms with Gasteiger partial charge in [-0.05, 0) is 49.2 Å². The van der Waals surface area contributed by atoms with Crippen molar-refractivity contribution >= 4 is 28.9 Å². The zero-order valence-electron chi connectivity index (χ0n) is 16.8. The van der Waals surface area contributed by atoms with Crippen LogP contribution in [0, 0.1) is 0 Å². The Balaban J connectivity index is 1.51. The van der Waals surface area contributed by atoms with Crippen LogP contribution in [0.5, 0.6) is 5.75 Å². The lowest BCUT2D eigenvalue weighted by molar-refractivity contribution is -0.137. The molecule has 0 spiro atoms. The number of hydrogen-bond acceptors (Lipinski definition) is 6. The molecule has 0 fully saturated rings. The highest BCUT2D eigenvalue weighted by Gasteiger charge is 2.21. The fraction of sp³-hybridized carbons (Fsp3) is 0.318. The van der Waals surface area contributed by atoms with E-state index in [9.17, 15) is 4.79 Å². The van der Waals surface area contributed by atoms with Gasteiger partial charge in [-0.1, -0.05) is 35.1 Å². The van der Waals surface area contributed by atoms with E-state index in [0.29, 0.717) is 17.3 Å². The van der Waals surface area contributed by atoms with Crippen LogP contribution >= 0.6 is 22.9 Å². The molecule has 0 unspecified atom stereocenters. The molecule has 0 saturated carbocycles. The van der Waals surface area contributed by atoms with Crippen LogP contribution in [0.25, 0.3) is 21.1 Å². The Hall–Kier alpha value is -2.48. The number of rotatable bonds is 7. The minimum Gasteiger partial charge on any atom is -0.489 e. The first-order valence-corrected chi connectivity index (χ1v) is 10.9. The Labute approximate surface area is 184 Å². The lowest BCUT2D eigenvalue weighted by Crippen LogP contribution is -2.20. The molecule has 4 rings (SSSR count). The van der Waals surface area contributed by atoms with Crippen molar-refractivity contribution in [3.8, 4) is 26.9 Å². The third-order valence-corrected chi connectivity index (χ3v) is 6.17. The van der Waals surface area contributed by atoms with Gasteiger partial charge in [0.05, 0.1) is 17.5 Å². The molecule has 0 bridgehead atoms. The fourth-order valence-corrected chi connectivity index (χ4v) is 4.51. The summed E-state index contributed by atoms with van der Waals surface area (Å²) in [6, 6.07) is 11.9. The van der Waals surface area contributed by atoms with Crippen LogP contribution in [-0.2, 0) is 17.9 Å². The van der Waals surface area contributed by atoms with Gasteiger partial charge in [0, 0.05) is 30.8 Å². The van der Waals surface area contributed by atoms with Crippen molar-refractivity contribution in [2.45, 2.75) is 39.5 Å². The molecule has 3 aromatic rings. The number of carbonyl (C=O) groups is 1. The maximum atomic E-state index is 10.8. The Kier molecular flexibility index (Phi) is 6.04. The molecular weight excluding hydrogens is 422 g/mol. The molecule has 0 aliphatic carbocycles. The van der Waals surface area contributed by atoms with E-state index in [1.807, 2.05) is 32.0 Å². The van der Waals surface area contributed by atoms with E-state index in [1.54, 1.807) is 0 Å². The highest BCUT2D eigenvalue weighted by atomic mass is 35.5. The summed E-state index contributed by atoms with van der Waals surface area (Å²) in [5.74, 6) is -0.108. The number of hydrogen-bond donors (Lipinski definition) is 1. The van der Waals surface area contributed by atoms with Gasteiger partial charge in [-0.3, -0.25) is 9.69 Å². The molecule has 8 heteroatoms. The van der Waals surface area contributed by atoms with Crippen molar-refractivity contribution in [2.75, 3.05) is 6.54 Å². The van der Waals surface area contributed by atoms with E-state index in [1.165, 1.54) is 22.5 Å². The molecule has 1 N–H and O–H groups in total. The number of benzene rings is 2. The highest BCUT2D eigenvalue weighted by Crippen LogP contribution is 2.36. The molecule has 0 atom stereocenters. The molecule has 2 aromatic carbocycles. The average Bonchev–Trinajstić information content (AvgIpc) is 3.33. The second-order valence-corrected chi connectivity index (χ2v) is 8.95. The highest BCUT2D eigenvalue weighted by molar-refractivity contribution is 7.17. The zero-order valence-corrected chi connectivity index (χ0v) is 18.3. The molecule has 156 valence electrons. The van der Waals surface area contributed by atoms with Crippen molar-refractivity contribution in [1.82, 2.24) is 15.1 Å². The van der Waals surface area contributed by atoms with Crippen LogP contribution in [0.4, 0.5) is 0 Å². The van der Waals surface area contributed by atoms with E-state index in [4.69, 9.17) is 21.4 Å². The summed E-state index contributed by atoms with van der Waals surface area (Å²) in [4.78, 5) is 13.0. The van der Waals surface area contributed by atoms with E-state index in [2.05, 4.69) is 33.3 Å². The minimum absolute atomic E-state index is 0.0568. The molecule has 1 aromatic heterocycles. The summed E-state index contributed by atoms with van der Waals surface area (Å²) in [6.45, 7) is 6.02. The maximum absolute atomic E-state index is 10.8. The van der Waals surface area contributed by atoms with Gasteiger partial charge >= 0.3 is 5.97 Å². The van der Waals surface area contributed by atoms with Crippen LogP contribution in [0.1, 0.15) is 31.4 Å². The van der Waals surface area contributed by atoms with Gasteiger partial charge < -0.3 is 9.84 Å². The molecule has 0 saturated heterocycles. The quantitative estimate of drug-likeness (QED) is 0.547. The Morgan fingerprint density at radius 2 is 1.80 bits per heavy atom. The molecule has 2 heterocycles. The summed E-state index contributed by atoms with van der Waals surface area (Å²) >= 11 is 7.88. The van der Waals surface area contributed by atoms with Crippen molar-refractivity contribution in [3.63, 3.8) is 0 Å². The number of carboxylic acid groups (broad SMARTS) is 1. The first-order chi connectivity index (χ1) is 14.4. The summed E-state index contributed by atoms with van der Waals surface area (Å²) in [5.41, 5.74) is 4.37. The van der Waals surface area contributed by atoms with Crippen LogP contribution in [0.3, 0.4) is 0 Å². The summed E-state index contributed by atoms with van der Waals surface area (Å²) in [6.07, 6.45) is 0.214. The SMILES string of the molecule is CC(C)Oc1ccc(-c2nnc(-c3ccc4c(c3)CN(CCC(=O)O)C4)s2)cc1Cl. The zero-order chi connectivity index (χ0) is 21.3. The lowest BCUT2D eigenvalue weighted by Gasteiger charge is -2.12. The smallest absolute Gasteiger partial charge is 0.304 e. The van der Waals surface area contributed by atoms with Crippen LogP contribution in [0.2, 0.25) is 5.02 Å².